The quantitative estimate of drug-likeness (QED) is 0.908. The van der Waals surface area contributed by atoms with Crippen molar-refractivity contribution in [2.45, 2.75) is 32.1 Å². The van der Waals surface area contributed by atoms with Crippen molar-refractivity contribution in [2.24, 2.45) is 0 Å². The van der Waals surface area contributed by atoms with Gasteiger partial charge in [0.15, 0.2) is 0 Å². The monoisotopic (exact) mass is 261 g/mol. The highest BCUT2D eigenvalue weighted by atomic mass is 16.4. The van der Waals surface area contributed by atoms with Crippen LogP contribution in [0.25, 0.3) is 0 Å². The van der Waals surface area contributed by atoms with Crippen molar-refractivity contribution in [1.82, 2.24) is 4.90 Å². The summed E-state index contributed by atoms with van der Waals surface area (Å²) in [5.74, 6) is -0.371. The molecule has 1 N–H and O–H groups in total. The molecule has 1 atom stereocenters. The molecule has 0 aromatic heterocycles. The molecular formula is C15H19NO3. The number of amides is 1. The normalized spacial score (nSPS) is 19.6. The Labute approximate surface area is 113 Å². The molecule has 1 unspecified atom stereocenters. The lowest BCUT2D eigenvalue weighted by atomic mass is 9.88. The summed E-state index contributed by atoms with van der Waals surface area (Å²) in [4.78, 5) is 24.4. The second kappa shape index (κ2) is 5.43. The van der Waals surface area contributed by atoms with E-state index in [1.165, 1.54) is 0 Å². The number of carboxylic acid groups (broad SMARTS) is 1. The van der Waals surface area contributed by atoms with E-state index in [4.69, 9.17) is 5.11 Å². The van der Waals surface area contributed by atoms with Crippen LogP contribution in [-0.4, -0.2) is 35.5 Å². The molecule has 4 heteroatoms. The number of carboxylic acids is 1. The van der Waals surface area contributed by atoms with Crippen LogP contribution in [0.5, 0.6) is 0 Å². The lowest BCUT2D eigenvalue weighted by molar-refractivity contribution is -0.132. The standard InChI is InChI=1S/C15H19NO3/c1-3-10-8-11(4-6-13(10)15(18)19)12-5-7-14(17)16(2)9-12/h4,6,8,12H,3,5,7,9H2,1-2H3,(H,18,19). The van der Waals surface area contributed by atoms with Gasteiger partial charge in [-0.25, -0.2) is 4.79 Å². The summed E-state index contributed by atoms with van der Waals surface area (Å²) >= 11 is 0. The smallest absolute Gasteiger partial charge is 0.335 e. The Bertz CT molecular complexity index is 510. The fraction of sp³-hybridized carbons (Fsp3) is 0.467. The Kier molecular flexibility index (Phi) is 3.88. The summed E-state index contributed by atoms with van der Waals surface area (Å²) in [5, 5.41) is 9.12. The first-order chi connectivity index (χ1) is 9.02. The van der Waals surface area contributed by atoms with Crippen molar-refractivity contribution in [3.8, 4) is 0 Å². The Balaban J connectivity index is 2.26. The first-order valence-electron chi connectivity index (χ1n) is 6.63. The minimum atomic E-state index is -0.876. The maximum Gasteiger partial charge on any atom is 0.335 e. The molecule has 1 aliphatic heterocycles. The molecule has 1 aromatic rings. The number of piperidine rings is 1. The van der Waals surface area contributed by atoms with Crippen molar-refractivity contribution in [3.63, 3.8) is 0 Å². The van der Waals surface area contributed by atoms with Gasteiger partial charge in [-0.15, -0.1) is 0 Å². The van der Waals surface area contributed by atoms with Gasteiger partial charge in [0, 0.05) is 25.9 Å². The van der Waals surface area contributed by atoms with E-state index in [0.717, 1.165) is 17.5 Å². The molecule has 0 radical (unpaired) electrons. The van der Waals surface area contributed by atoms with Gasteiger partial charge in [0.25, 0.3) is 0 Å². The third-order valence-electron chi connectivity index (χ3n) is 3.84. The molecule has 1 aromatic carbocycles. The van der Waals surface area contributed by atoms with Gasteiger partial charge in [0.05, 0.1) is 5.56 Å². The number of likely N-dealkylation sites (N-methyl/N-ethyl adjacent to an activating group) is 1. The topological polar surface area (TPSA) is 57.6 Å². The third-order valence-corrected chi connectivity index (χ3v) is 3.84. The van der Waals surface area contributed by atoms with Gasteiger partial charge in [-0.1, -0.05) is 19.1 Å². The molecule has 102 valence electrons. The van der Waals surface area contributed by atoms with Gasteiger partial charge >= 0.3 is 5.97 Å². The number of hydrogen-bond donors (Lipinski definition) is 1. The first-order valence-corrected chi connectivity index (χ1v) is 6.63. The largest absolute Gasteiger partial charge is 0.478 e. The maximum atomic E-state index is 11.5. The lowest BCUT2D eigenvalue weighted by Crippen LogP contribution is -2.35. The van der Waals surface area contributed by atoms with Crippen molar-refractivity contribution in [2.75, 3.05) is 13.6 Å². The maximum absolute atomic E-state index is 11.5. The van der Waals surface area contributed by atoms with Gasteiger partial charge in [0.2, 0.25) is 5.91 Å². The number of hydrogen-bond acceptors (Lipinski definition) is 2. The summed E-state index contributed by atoms with van der Waals surface area (Å²) in [6, 6.07) is 5.56. The zero-order valence-electron chi connectivity index (χ0n) is 11.3. The second-order valence-corrected chi connectivity index (χ2v) is 5.09. The average molecular weight is 261 g/mol. The predicted molar refractivity (Wildman–Crippen MR) is 72.4 cm³/mol. The molecular weight excluding hydrogens is 242 g/mol. The lowest BCUT2D eigenvalue weighted by Gasteiger charge is -2.30. The molecule has 0 aliphatic carbocycles. The Morgan fingerprint density at radius 1 is 1.47 bits per heavy atom. The van der Waals surface area contributed by atoms with Crippen molar-refractivity contribution >= 4 is 11.9 Å². The minimum absolute atomic E-state index is 0.189. The van der Waals surface area contributed by atoms with E-state index >= 15 is 0 Å². The van der Waals surface area contributed by atoms with Crippen LogP contribution in [0.15, 0.2) is 18.2 Å². The molecule has 0 saturated carbocycles. The van der Waals surface area contributed by atoms with Crippen LogP contribution in [0.3, 0.4) is 0 Å². The fourth-order valence-electron chi connectivity index (χ4n) is 2.65. The number of rotatable bonds is 3. The molecule has 1 amide bonds. The Morgan fingerprint density at radius 2 is 2.21 bits per heavy atom. The van der Waals surface area contributed by atoms with E-state index < -0.39 is 5.97 Å². The summed E-state index contributed by atoms with van der Waals surface area (Å²) < 4.78 is 0. The highest BCUT2D eigenvalue weighted by Gasteiger charge is 2.24. The van der Waals surface area contributed by atoms with Crippen molar-refractivity contribution < 1.29 is 14.7 Å². The molecule has 1 heterocycles. The van der Waals surface area contributed by atoms with E-state index in [1.54, 1.807) is 11.0 Å². The van der Waals surface area contributed by atoms with Gasteiger partial charge in [-0.3, -0.25) is 4.79 Å². The molecule has 0 bridgehead atoms. The zero-order valence-corrected chi connectivity index (χ0v) is 11.3. The summed E-state index contributed by atoms with van der Waals surface area (Å²) in [6.45, 7) is 2.68. The predicted octanol–water partition coefficient (Wildman–Crippen LogP) is 2.28. The van der Waals surface area contributed by atoms with E-state index in [2.05, 4.69) is 0 Å². The van der Waals surface area contributed by atoms with Crippen LogP contribution in [0, 0.1) is 0 Å². The Morgan fingerprint density at radius 3 is 2.79 bits per heavy atom. The van der Waals surface area contributed by atoms with Crippen LogP contribution >= 0.6 is 0 Å². The number of carbonyl (C=O) groups is 2. The molecule has 4 nitrogen and oxygen atoms in total. The number of likely N-dealkylation sites (tertiary alicyclic amines) is 1. The number of benzene rings is 1. The highest BCUT2D eigenvalue weighted by Crippen LogP contribution is 2.28. The number of carbonyl (C=O) groups excluding carboxylic acids is 1. The summed E-state index contributed by atoms with van der Waals surface area (Å²) in [6.07, 6.45) is 2.12. The third kappa shape index (κ3) is 2.78. The molecule has 19 heavy (non-hydrogen) atoms. The molecule has 1 fully saturated rings. The van der Waals surface area contributed by atoms with E-state index in [-0.39, 0.29) is 5.91 Å². The average Bonchev–Trinajstić information content (AvgIpc) is 2.41. The van der Waals surface area contributed by atoms with Crippen molar-refractivity contribution in [1.29, 1.82) is 0 Å². The second-order valence-electron chi connectivity index (χ2n) is 5.09. The van der Waals surface area contributed by atoms with Crippen LogP contribution in [0.4, 0.5) is 0 Å². The van der Waals surface area contributed by atoms with E-state index in [9.17, 15) is 9.59 Å². The van der Waals surface area contributed by atoms with Gasteiger partial charge in [0.1, 0.15) is 0 Å². The zero-order chi connectivity index (χ0) is 14.0. The molecule has 2 rings (SSSR count). The Hall–Kier alpha value is -1.84. The van der Waals surface area contributed by atoms with Gasteiger partial charge in [-0.2, -0.15) is 0 Å². The van der Waals surface area contributed by atoms with Crippen LogP contribution in [-0.2, 0) is 11.2 Å². The minimum Gasteiger partial charge on any atom is -0.478 e. The first kappa shape index (κ1) is 13.6. The van der Waals surface area contributed by atoms with E-state index in [0.29, 0.717) is 30.9 Å². The van der Waals surface area contributed by atoms with Crippen LogP contribution < -0.4 is 0 Å². The molecule has 1 aliphatic rings. The highest BCUT2D eigenvalue weighted by molar-refractivity contribution is 5.89. The van der Waals surface area contributed by atoms with Gasteiger partial charge in [-0.05, 0) is 30.0 Å². The van der Waals surface area contributed by atoms with Crippen LogP contribution in [0.1, 0.15) is 47.2 Å². The molecule has 1 saturated heterocycles. The number of nitrogens with zero attached hydrogens (tertiary/aromatic N) is 1. The summed E-state index contributed by atoms with van der Waals surface area (Å²) in [7, 11) is 1.82. The van der Waals surface area contributed by atoms with Crippen molar-refractivity contribution in [3.05, 3.63) is 34.9 Å². The number of aromatic carboxylic acids is 1. The van der Waals surface area contributed by atoms with Gasteiger partial charge < -0.3 is 10.0 Å². The van der Waals surface area contributed by atoms with E-state index in [1.807, 2.05) is 26.1 Å². The van der Waals surface area contributed by atoms with Crippen LogP contribution in [0.2, 0.25) is 0 Å². The SMILES string of the molecule is CCc1cc(C2CCC(=O)N(C)C2)ccc1C(=O)O. The number of aryl methyl sites for hydroxylation is 1. The molecule has 0 spiro atoms. The summed E-state index contributed by atoms with van der Waals surface area (Å²) in [5.41, 5.74) is 2.39. The fourth-order valence-corrected chi connectivity index (χ4v) is 2.65.